The smallest absolute Gasteiger partial charge is 0.0789 e. The van der Waals surface area contributed by atoms with Crippen molar-refractivity contribution in [2.24, 2.45) is 0 Å². The molecule has 0 spiro atoms. The zero-order valence-corrected chi connectivity index (χ0v) is 34.5. The van der Waals surface area contributed by atoms with Gasteiger partial charge in [-0.25, -0.2) is 0 Å². The molecule has 0 saturated heterocycles. The lowest BCUT2D eigenvalue weighted by molar-refractivity contribution is 1.17. The normalized spacial score (nSPS) is 12.2. The number of fused-ring (bicyclic) bond motifs is 17. The molecule has 14 aromatic rings. The number of H-pyrrole nitrogens is 1. The van der Waals surface area contributed by atoms with Crippen molar-refractivity contribution in [3.8, 4) is 28.2 Å². The van der Waals surface area contributed by atoms with Crippen molar-refractivity contribution in [2.75, 3.05) is 0 Å². The van der Waals surface area contributed by atoms with Crippen molar-refractivity contribution in [3.05, 3.63) is 212 Å². The first-order valence-electron chi connectivity index (χ1n) is 21.8. The summed E-state index contributed by atoms with van der Waals surface area (Å²) in [6, 6.07) is 75.9. The number of benzene rings is 10. The van der Waals surface area contributed by atoms with E-state index in [1.165, 1.54) is 109 Å². The zero-order valence-electron chi connectivity index (χ0n) is 34.5. The maximum atomic E-state index is 3.95. The fourth-order valence-corrected chi connectivity index (χ4v) is 10.9. The van der Waals surface area contributed by atoms with Gasteiger partial charge in [-0.3, -0.25) is 0 Å². The summed E-state index contributed by atoms with van der Waals surface area (Å²) in [7, 11) is 0. The SMILES string of the molecule is Cc1ccc(-n2c3ccccc3c3ccc4c(c5ccccc5n4-c4cccc(-c5ccc6[nH]c7c(c6c5)c5ccccc5c5c6ccccc6n(-c6ccccc6)c75)c4)c32)cc1. The molecular weight excluding hydrogens is 765 g/mol. The molecule has 4 heteroatoms. The van der Waals surface area contributed by atoms with Crippen LogP contribution in [-0.2, 0) is 0 Å². The van der Waals surface area contributed by atoms with Crippen LogP contribution >= 0.6 is 0 Å². The van der Waals surface area contributed by atoms with E-state index < -0.39 is 0 Å². The highest BCUT2D eigenvalue weighted by Crippen LogP contribution is 2.46. The molecule has 0 atom stereocenters. The molecule has 0 fully saturated rings. The lowest BCUT2D eigenvalue weighted by Gasteiger charge is -2.12. The highest BCUT2D eigenvalue weighted by molar-refractivity contribution is 6.36. The van der Waals surface area contributed by atoms with E-state index in [1.54, 1.807) is 0 Å². The molecule has 0 aliphatic heterocycles. The molecule has 294 valence electrons. The van der Waals surface area contributed by atoms with Crippen LogP contribution in [0.15, 0.2) is 206 Å². The summed E-state index contributed by atoms with van der Waals surface area (Å²) in [5.41, 5.74) is 16.6. The van der Waals surface area contributed by atoms with Crippen molar-refractivity contribution in [2.45, 2.75) is 6.92 Å². The molecule has 0 saturated carbocycles. The molecule has 0 aliphatic rings. The van der Waals surface area contributed by atoms with Gasteiger partial charge in [0.1, 0.15) is 0 Å². The van der Waals surface area contributed by atoms with Gasteiger partial charge >= 0.3 is 0 Å². The van der Waals surface area contributed by atoms with Crippen LogP contribution in [0.4, 0.5) is 0 Å². The third kappa shape index (κ3) is 4.75. The van der Waals surface area contributed by atoms with Crippen LogP contribution in [0.2, 0.25) is 0 Å². The molecule has 4 heterocycles. The maximum Gasteiger partial charge on any atom is 0.0789 e. The van der Waals surface area contributed by atoms with E-state index in [4.69, 9.17) is 0 Å². The van der Waals surface area contributed by atoms with Crippen LogP contribution in [0.5, 0.6) is 0 Å². The van der Waals surface area contributed by atoms with Crippen LogP contribution in [-0.4, -0.2) is 18.7 Å². The highest BCUT2D eigenvalue weighted by atomic mass is 15.0. The second-order valence-corrected chi connectivity index (χ2v) is 17.0. The number of aryl methyl sites for hydroxylation is 1. The Balaban J connectivity index is 1.01. The standard InChI is InChI=1S/C59H38N4/c1-36-26-29-40(30-27-36)62-50-23-10-7-18-42(50)45-31-33-53-56(58(45)62)47-22-9-11-24-51(47)61(53)41-17-13-14-37(34-41)38-28-32-49-48(35-38)54-43-19-5-6-20-44(43)55-46-21-8-12-25-52(46)63(59(55)57(54)60-49)39-15-3-2-4-16-39/h2-35,60H,1H3. The quantitative estimate of drug-likeness (QED) is 0.184. The average molecular weight is 803 g/mol. The molecule has 10 aromatic carbocycles. The Bertz CT molecular complexity index is 4190. The van der Waals surface area contributed by atoms with E-state index >= 15 is 0 Å². The lowest BCUT2D eigenvalue weighted by atomic mass is 9.97. The van der Waals surface area contributed by atoms with Gasteiger partial charge in [-0.05, 0) is 102 Å². The van der Waals surface area contributed by atoms with Gasteiger partial charge in [0.05, 0.1) is 38.6 Å². The number of aromatic amines is 1. The van der Waals surface area contributed by atoms with Crippen molar-refractivity contribution in [1.29, 1.82) is 0 Å². The fourth-order valence-electron chi connectivity index (χ4n) is 10.9. The summed E-state index contributed by atoms with van der Waals surface area (Å²) in [5.74, 6) is 0. The maximum absolute atomic E-state index is 3.95. The number of hydrogen-bond acceptors (Lipinski definition) is 0. The molecule has 0 unspecified atom stereocenters. The van der Waals surface area contributed by atoms with E-state index in [0.717, 1.165) is 22.4 Å². The van der Waals surface area contributed by atoms with Crippen molar-refractivity contribution < 1.29 is 0 Å². The minimum atomic E-state index is 1.13. The summed E-state index contributed by atoms with van der Waals surface area (Å²) in [5, 5.41) is 12.6. The van der Waals surface area contributed by atoms with Gasteiger partial charge in [-0.1, -0.05) is 139 Å². The Hall–Kier alpha value is -8.34. The minimum absolute atomic E-state index is 1.13. The van der Waals surface area contributed by atoms with Gasteiger partial charge < -0.3 is 18.7 Å². The lowest BCUT2D eigenvalue weighted by Crippen LogP contribution is -1.96. The molecule has 0 amide bonds. The van der Waals surface area contributed by atoms with Gasteiger partial charge in [-0.2, -0.15) is 0 Å². The van der Waals surface area contributed by atoms with E-state index in [9.17, 15) is 0 Å². The van der Waals surface area contributed by atoms with Crippen LogP contribution in [0.1, 0.15) is 5.56 Å². The summed E-state index contributed by atoms with van der Waals surface area (Å²) in [6.45, 7) is 2.15. The van der Waals surface area contributed by atoms with Gasteiger partial charge in [0.2, 0.25) is 0 Å². The summed E-state index contributed by atoms with van der Waals surface area (Å²) < 4.78 is 7.37. The zero-order chi connectivity index (χ0) is 41.3. The summed E-state index contributed by atoms with van der Waals surface area (Å²) in [6.07, 6.45) is 0. The van der Waals surface area contributed by atoms with Crippen LogP contribution < -0.4 is 0 Å². The summed E-state index contributed by atoms with van der Waals surface area (Å²) in [4.78, 5) is 3.95. The number of hydrogen-bond donors (Lipinski definition) is 1. The van der Waals surface area contributed by atoms with Gasteiger partial charge in [-0.15, -0.1) is 0 Å². The third-order valence-electron chi connectivity index (χ3n) is 13.6. The Morgan fingerprint density at radius 3 is 1.65 bits per heavy atom. The third-order valence-corrected chi connectivity index (χ3v) is 13.6. The average Bonchev–Trinajstić information content (AvgIpc) is 4.09. The number of para-hydroxylation sites is 4. The second-order valence-electron chi connectivity index (χ2n) is 17.0. The van der Waals surface area contributed by atoms with Crippen molar-refractivity contribution >= 4 is 98.0 Å². The molecule has 0 radical (unpaired) electrons. The van der Waals surface area contributed by atoms with Gasteiger partial charge in [0.25, 0.3) is 0 Å². The molecule has 1 N–H and O–H groups in total. The predicted molar refractivity (Wildman–Crippen MR) is 267 cm³/mol. The molecule has 4 aromatic heterocycles. The predicted octanol–water partition coefficient (Wildman–Crippen LogP) is 15.7. The van der Waals surface area contributed by atoms with Crippen molar-refractivity contribution in [1.82, 2.24) is 18.7 Å². The van der Waals surface area contributed by atoms with E-state index in [-0.39, 0.29) is 0 Å². The fraction of sp³-hybridized carbons (Fsp3) is 0.0169. The molecule has 63 heavy (non-hydrogen) atoms. The topological polar surface area (TPSA) is 30.6 Å². The van der Waals surface area contributed by atoms with Crippen LogP contribution in [0.3, 0.4) is 0 Å². The largest absolute Gasteiger partial charge is 0.353 e. The Morgan fingerprint density at radius 2 is 0.889 bits per heavy atom. The number of aromatic nitrogens is 4. The van der Waals surface area contributed by atoms with Crippen molar-refractivity contribution in [3.63, 3.8) is 0 Å². The van der Waals surface area contributed by atoms with E-state index in [2.05, 4.69) is 232 Å². The van der Waals surface area contributed by atoms with Crippen LogP contribution in [0.25, 0.3) is 126 Å². The minimum Gasteiger partial charge on any atom is -0.353 e. The second kappa shape index (κ2) is 12.8. The number of nitrogens with one attached hydrogen (secondary N) is 1. The van der Waals surface area contributed by atoms with Gasteiger partial charge in [0, 0.05) is 65.7 Å². The first kappa shape index (κ1) is 34.4. The molecule has 0 aliphatic carbocycles. The van der Waals surface area contributed by atoms with E-state index in [0.29, 0.717) is 0 Å². The first-order chi connectivity index (χ1) is 31.2. The Morgan fingerprint density at radius 1 is 0.317 bits per heavy atom. The highest BCUT2D eigenvalue weighted by Gasteiger charge is 2.23. The summed E-state index contributed by atoms with van der Waals surface area (Å²) >= 11 is 0. The molecule has 14 rings (SSSR count). The molecular formula is C59H38N4. The molecule has 0 bridgehead atoms. The monoisotopic (exact) mass is 802 g/mol. The number of nitrogens with zero attached hydrogens (tertiary/aromatic N) is 3. The van der Waals surface area contributed by atoms with Gasteiger partial charge in [0.15, 0.2) is 0 Å². The Kier molecular flexibility index (Phi) is 7.01. The number of rotatable bonds is 4. The molecule has 4 nitrogen and oxygen atoms in total. The van der Waals surface area contributed by atoms with E-state index in [1.807, 2.05) is 0 Å². The first-order valence-corrected chi connectivity index (χ1v) is 21.8. The Labute approximate surface area is 362 Å². The van der Waals surface area contributed by atoms with Crippen LogP contribution in [0, 0.1) is 6.92 Å².